The minimum atomic E-state index is -0.289. The maximum absolute atomic E-state index is 13.2. The second kappa shape index (κ2) is 7.96. The zero-order valence-electron chi connectivity index (χ0n) is 17.7. The third-order valence-electron chi connectivity index (χ3n) is 6.16. The molecule has 1 fully saturated rings. The summed E-state index contributed by atoms with van der Waals surface area (Å²) in [5.74, 6) is 0.0948. The molecule has 3 heterocycles. The Morgan fingerprint density at radius 3 is 2.50 bits per heavy atom. The van der Waals surface area contributed by atoms with E-state index in [2.05, 4.69) is 9.97 Å². The summed E-state index contributed by atoms with van der Waals surface area (Å²) in [5, 5.41) is 9.15. The van der Waals surface area contributed by atoms with Crippen molar-refractivity contribution in [2.24, 2.45) is 0 Å². The largest absolute Gasteiger partial charge is 0.395 e. The maximum Gasteiger partial charge on any atom is 0.253 e. The topological polar surface area (TPSA) is 78.8 Å². The van der Waals surface area contributed by atoms with Gasteiger partial charge in [-0.15, -0.1) is 0 Å². The molecule has 0 saturated carbocycles. The van der Waals surface area contributed by atoms with Crippen LogP contribution in [-0.4, -0.2) is 65.8 Å². The molecule has 2 aliphatic rings. The van der Waals surface area contributed by atoms with E-state index in [-0.39, 0.29) is 30.3 Å². The summed E-state index contributed by atoms with van der Waals surface area (Å²) in [6, 6.07) is 11.9. The number of hydrogen-bond donors (Lipinski definition) is 1. The second-order valence-electron chi connectivity index (χ2n) is 8.32. The number of aromatic nitrogens is 2. The predicted octanol–water partition coefficient (Wildman–Crippen LogP) is 2.77. The van der Waals surface area contributed by atoms with Gasteiger partial charge < -0.3 is 19.6 Å². The third-order valence-corrected chi connectivity index (χ3v) is 6.16. The molecule has 1 N–H and O–H groups in total. The van der Waals surface area contributed by atoms with Crippen molar-refractivity contribution in [3.8, 4) is 11.1 Å². The fraction of sp³-hybridized carbons (Fsp3) is 0.292. The molecule has 164 valence electrons. The van der Waals surface area contributed by atoms with Gasteiger partial charge in [0.25, 0.3) is 5.91 Å². The summed E-state index contributed by atoms with van der Waals surface area (Å²) < 4.78 is 18.8. The first-order valence-electron chi connectivity index (χ1n) is 10.4. The van der Waals surface area contributed by atoms with Crippen LogP contribution in [0.5, 0.6) is 0 Å². The smallest absolute Gasteiger partial charge is 0.253 e. The lowest BCUT2D eigenvalue weighted by molar-refractivity contribution is -0.0507. The van der Waals surface area contributed by atoms with Crippen molar-refractivity contribution in [1.29, 1.82) is 0 Å². The average Bonchev–Trinajstić information content (AvgIpc) is 3.15. The van der Waals surface area contributed by atoms with Gasteiger partial charge in [0.05, 0.1) is 25.2 Å². The quantitative estimate of drug-likeness (QED) is 0.665. The first-order valence-corrected chi connectivity index (χ1v) is 10.4. The van der Waals surface area contributed by atoms with Gasteiger partial charge in [-0.25, -0.2) is 14.4 Å². The standard InChI is InChI=1S/C24H23FN4O3/c1-28(8-9-30)22(31)17-4-7-20-21(10-17)29(13-24(20)14-32-15-24)23-26-11-18(12-27-23)16-2-5-19(25)6-3-16/h2-7,10-12,30H,8-9,13-15H2,1H3. The van der Waals surface area contributed by atoms with E-state index in [0.717, 1.165) is 22.4 Å². The van der Waals surface area contributed by atoms with Crippen LogP contribution < -0.4 is 4.90 Å². The van der Waals surface area contributed by atoms with Crippen molar-refractivity contribution in [2.75, 3.05) is 44.9 Å². The van der Waals surface area contributed by atoms with Crippen molar-refractivity contribution in [1.82, 2.24) is 14.9 Å². The molecule has 8 heteroatoms. The van der Waals surface area contributed by atoms with Crippen LogP contribution in [0.4, 0.5) is 16.0 Å². The molecule has 3 aromatic rings. The third kappa shape index (κ3) is 3.41. The number of likely N-dealkylation sites (N-methyl/N-ethyl adjacent to an activating group) is 1. The Kier molecular flexibility index (Phi) is 5.11. The molecule has 1 spiro atoms. The molecule has 1 saturated heterocycles. The summed E-state index contributed by atoms with van der Waals surface area (Å²) >= 11 is 0. The molecular formula is C24H23FN4O3. The number of carbonyl (C=O) groups is 1. The number of carbonyl (C=O) groups excluding carboxylic acids is 1. The highest BCUT2D eigenvalue weighted by Gasteiger charge is 2.49. The molecule has 1 aromatic heterocycles. The molecule has 0 aliphatic carbocycles. The Bertz CT molecular complexity index is 1150. The number of halogens is 1. The Hall–Kier alpha value is -3.36. The predicted molar refractivity (Wildman–Crippen MR) is 117 cm³/mol. The molecule has 0 radical (unpaired) electrons. The normalized spacial score (nSPS) is 16.0. The number of ether oxygens (including phenoxy) is 1. The zero-order valence-corrected chi connectivity index (χ0v) is 17.7. The summed E-state index contributed by atoms with van der Waals surface area (Å²) in [6.45, 7) is 2.07. The molecule has 7 nitrogen and oxygen atoms in total. The summed E-state index contributed by atoms with van der Waals surface area (Å²) in [5.41, 5.74) is 4.06. The van der Waals surface area contributed by atoms with Gasteiger partial charge >= 0.3 is 0 Å². The molecule has 5 rings (SSSR count). The van der Waals surface area contributed by atoms with Crippen molar-refractivity contribution in [3.63, 3.8) is 0 Å². The number of hydrogen-bond acceptors (Lipinski definition) is 6. The minimum absolute atomic E-state index is 0.0893. The number of rotatable bonds is 5. The molecule has 0 atom stereocenters. The molecule has 2 aliphatic heterocycles. The van der Waals surface area contributed by atoms with Crippen LogP contribution in [-0.2, 0) is 10.2 Å². The highest BCUT2D eigenvalue weighted by atomic mass is 19.1. The molecule has 2 aromatic carbocycles. The van der Waals surface area contributed by atoms with Crippen molar-refractivity contribution >= 4 is 17.5 Å². The number of fused-ring (bicyclic) bond motifs is 2. The fourth-order valence-corrected chi connectivity index (χ4v) is 4.31. The molecule has 32 heavy (non-hydrogen) atoms. The van der Waals surface area contributed by atoms with E-state index >= 15 is 0 Å². The summed E-state index contributed by atoms with van der Waals surface area (Å²) in [4.78, 5) is 25.4. The minimum Gasteiger partial charge on any atom is -0.395 e. The Labute approximate surface area is 185 Å². The van der Waals surface area contributed by atoms with Crippen LogP contribution in [0.3, 0.4) is 0 Å². The van der Waals surface area contributed by atoms with E-state index < -0.39 is 0 Å². The van der Waals surface area contributed by atoms with Gasteiger partial charge in [0.2, 0.25) is 5.95 Å². The SMILES string of the molecule is CN(CCO)C(=O)c1ccc2c(c1)N(c1ncc(-c3ccc(F)cc3)cn1)CC21COC1. The number of benzene rings is 2. The Morgan fingerprint density at radius 2 is 1.88 bits per heavy atom. The van der Waals surface area contributed by atoms with Crippen LogP contribution >= 0.6 is 0 Å². The van der Waals surface area contributed by atoms with Crippen molar-refractivity contribution < 1.29 is 19.0 Å². The van der Waals surface area contributed by atoms with Crippen LogP contribution in [0.1, 0.15) is 15.9 Å². The van der Waals surface area contributed by atoms with Crippen molar-refractivity contribution in [2.45, 2.75) is 5.41 Å². The van der Waals surface area contributed by atoms with E-state index in [1.165, 1.54) is 17.0 Å². The van der Waals surface area contributed by atoms with Gasteiger partial charge in [0.1, 0.15) is 5.82 Å². The van der Waals surface area contributed by atoms with Gasteiger partial charge in [0, 0.05) is 49.3 Å². The van der Waals surface area contributed by atoms with E-state index in [0.29, 0.717) is 31.3 Å². The number of nitrogens with zero attached hydrogens (tertiary/aromatic N) is 4. The lowest BCUT2D eigenvalue weighted by Crippen LogP contribution is -2.49. The molecule has 0 unspecified atom stereocenters. The van der Waals surface area contributed by atoms with E-state index in [4.69, 9.17) is 9.84 Å². The maximum atomic E-state index is 13.2. The number of aliphatic hydroxyl groups is 1. The van der Waals surface area contributed by atoms with Crippen LogP contribution in [0.2, 0.25) is 0 Å². The lowest BCUT2D eigenvalue weighted by Gasteiger charge is -2.38. The fourth-order valence-electron chi connectivity index (χ4n) is 4.31. The molecular weight excluding hydrogens is 411 g/mol. The van der Waals surface area contributed by atoms with E-state index in [1.807, 2.05) is 23.1 Å². The van der Waals surface area contributed by atoms with Crippen LogP contribution in [0.15, 0.2) is 54.9 Å². The van der Waals surface area contributed by atoms with Crippen LogP contribution in [0, 0.1) is 5.82 Å². The molecule has 0 bridgehead atoms. The Balaban J connectivity index is 1.48. The van der Waals surface area contributed by atoms with Crippen molar-refractivity contribution in [3.05, 3.63) is 71.8 Å². The highest BCUT2D eigenvalue weighted by Crippen LogP contribution is 2.47. The number of anilines is 2. The highest BCUT2D eigenvalue weighted by molar-refractivity contribution is 5.96. The first kappa shape index (κ1) is 20.5. The summed E-state index contributed by atoms with van der Waals surface area (Å²) in [6.07, 6.45) is 3.45. The van der Waals surface area contributed by atoms with Gasteiger partial charge in [-0.2, -0.15) is 0 Å². The molecule has 1 amide bonds. The lowest BCUT2D eigenvalue weighted by atomic mass is 9.80. The second-order valence-corrected chi connectivity index (χ2v) is 8.32. The van der Waals surface area contributed by atoms with E-state index in [9.17, 15) is 9.18 Å². The Morgan fingerprint density at radius 1 is 1.16 bits per heavy atom. The number of aliphatic hydroxyl groups excluding tert-OH is 1. The van der Waals surface area contributed by atoms with E-state index in [1.54, 1.807) is 31.6 Å². The van der Waals surface area contributed by atoms with Gasteiger partial charge in [-0.3, -0.25) is 4.79 Å². The van der Waals surface area contributed by atoms with Gasteiger partial charge in [-0.1, -0.05) is 18.2 Å². The number of amides is 1. The van der Waals surface area contributed by atoms with Gasteiger partial charge in [-0.05, 0) is 35.4 Å². The average molecular weight is 434 g/mol. The van der Waals surface area contributed by atoms with Gasteiger partial charge in [0.15, 0.2) is 0 Å². The monoisotopic (exact) mass is 434 g/mol. The summed E-state index contributed by atoms with van der Waals surface area (Å²) in [7, 11) is 1.67. The zero-order chi connectivity index (χ0) is 22.3. The first-order chi connectivity index (χ1) is 15.5. The van der Waals surface area contributed by atoms with Crippen LogP contribution in [0.25, 0.3) is 11.1 Å².